The predicted octanol–water partition coefficient (Wildman–Crippen LogP) is 4.66. The largest absolute Gasteiger partial charge is 0.508 e. The highest BCUT2D eigenvalue weighted by molar-refractivity contribution is 5.86. The van der Waals surface area contributed by atoms with E-state index in [9.17, 15) is 19.8 Å². The topological polar surface area (TPSA) is 117 Å². The number of methoxy groups -OCH3 is 1. The van der Waals surface area contributed by atoms with Gasteiger partial charge in [0.1, 0.15) is 34.0 Å². The summed E-state index contributed by atoms with van der Waals surface area (Å²) in [5, 5.41) is 27.6. The van der Waals surface area contributed by atoms with Crippen LogP contribution in [0.15, 0.2) is 88.1 Å². The van der Waals surface area contributed by atoms with E-state index in [0.717, 1.165) is 23.3 Å². The number of aromatic hydroxyl groups is 2. The Hall–Kier alpha value is -4.52. The number of carboxylic acids is 1. The van der Waals surface area contributed by atoms with Crippen molar-refractivity contribution >= 4 is 23.0 Å². The van der Waals surface area contributed by atoms with Gasteiger partial charge in [0.25, 0.3) is 0 Å². The monoisotopic (exact) mass is 432 g/mol. The molecule has 1 aromatic heterocycles. The molecule has 0 aliphatic heterocycles. The van der Waals surface area contributed by atoms with Crippen LogP contribution in [0.4, 0.5) is 0 Å². The molecule has 0 atom stereocenters. The molecule has 0 radical (unpaired) electrons. The molecule has 0 amide bonds. The summed E-state index contributed by atoms with van der Waals surface area (Å²) in [6, 6.07) is 20.1. The molecule has 3 aromatic carbocycles. The first-order valence-electron chi connectivity index (χ1n) is 9.48. The number of fused-ring (bicyclic) bond motifs is 1. The Morgan fingerprint density at radius 1 is 0.969 bits per heavy atom. The van der Waals surface area contributed by atoms with Gasteiger partial charge in [-0.2, -0.15) is 0 Å². The summed E-state index contributed by atoms with van der Waals surface area (Å²) in [6.45, 7) is 0. The van der Waals surface area contributed by atoms with Gasteiger partial charge in [-0.25, -0.2) is 4.79 Å². The summed E-state index contributed by atoms with van der Waals surface area (Å²) in [5.74, 6) is -0.351. The molecule has 0 saturated carbocycles. The lowest BCUT2D eigenvalue weighted by Crippen LogP contribution is -2.00. The maximum absolute atomic E-state index is 12.0. The number of rotatable bonds is 4. The zero-order valence-electron chi connectivity index (χ0n) is 17.1. The Kier molecular flexibility index (Phi) is 6.92. The number of carbonyl (C=O) groups is 1. The third-order valence-corrected chi connectivity index (χ3v) is 4.40. The Balaban J connectivity index is 0.000000195. The van der Waals surface area contributed by atoms with Crippen LogP contribution in [0, 0.1) is 0 Å². The third kappa shape index (κ3) is 5.34. The zero-order valence-corrected chi connectivity index (χ0v) is 17.1. The fraction of sp³-hybridized carbons (Fsp3) is 0.0400. The Morgan fingerprint density at radius 2 is 1.66 bits per heavy atom. The maximum atomic E-state index is 12.0. The summed E-state index contributed by atoms with van der Waals surface area (Å²) >= 11 is 0. The van der Waals surface area contributed by atoms with Crippen molar-refractivity contribution in [2.75, 3.05) is 7.11 Å². The molecule has 0 bridgehead atoms. The summed E-state index contributed by atoms with van der Waals surface area (Å²) in [5.41, 5.74) is 1.32. The molecule has 7 heteroatoms. The van der Waals surface area contributed by atoms with E-state index in [1.807, 2.05) is 42.5 Å². The first-order chi connectivity index (χ1) is 15.4. The van der Waals surface area contributed by atoms with Crippen molar-refractivity contribution < 1.29 is 29.3 Å². The van der Waals surface area contributed by atoms with E-state index in [-0.39, 0.29) is 27.9 Å². The van der Waals surface area contributed by atoms with Gasteiger partial charge in [-0.05, 0) is 12.1 Å². The van der Waals surface area contributed by atoms with Crippen LogP contribution < -0.4 is 10.2 Å². The zero-order chi connectivity index (χ0) is 23.1. The highest BCUT2D eigenvalue weighted by Crippen LogP contribution is 2.30. The Labute approximate surface area is 183 Å². The summed E-state index contributed by atoms with van der Waals surface area (Å²) in [4.78, 5) is 22.2. The van der Waals surface area contributed by atoms with Crippen LogP contribution in [0.3, 0.4) is 0 Å². The Morgan fingerprint density at radius 3 is 2.34 bits per heavy atom. The van der Waals surface area contributed by atoms with E-state index in [1.165, 1.54) is 18.2 Å². The second kappa shape index (κ2) is 9.99. The van der Waals surface area contributed by atoms with Crippen molar-refractivity contribution in [1.29, 1.82) is 0 Å². The van der Waals surface area contributed by atoms with Crippen molar-refractivity contribution in [3.8, 4) is 28.6 Å². The number of phenolic OH excluding ortho intramolecular Hbond substituents is 2. The molecule has 0 saturated heterocycles. The number of benzene rings is 3. The van der Waals surface area contributed by atoms with Gasteiger partial charge in [0.05, 0.1) is 7.11 Å². The number of ether oxygens (including phenoxy) is 1. The molecule has 3 N–H and O–H groups in total. The van der Waals surface area contributed by atoms with E-state index in [1.54, 1.807) is 19.2 Å². The number of carboxylic acid groups (broad SMARTS) is 1. The van der Waals surface area contributed by atoms with Crippen molar-refractivity contribution in [2.24, 2.45) is 0 Å². The van der Waals surface area contributed by atoms with Crippen LogP contribution in [-0.4, -0.2) is 28.4 Å². The van der Waals surface area contributed by atoms with Gasteiger partial charge in [-0.1, -0.05) is 48.5 Å². The van der Waals surface area contributed by atoms with E-state index in [4.69, 9.17) is 14.3 Å². The van der Waals surface area contributed by atoms with E-state index >= 15 is 0 Å². The second-order valence-electron chi connectivity index (χ2n) is 6.59. The van der Waals surface area contributed by atoms with Crippen LogP contribution in [0.5, 0.6) is 17.2 Å². The minimum Gasteiger partial charge on any atom is -0.508 e. The van der Waals surface area contributed by atoms with Crippen LogP contribution in [0.2, 0.25) is 0 Å². The van der Waals surface area contributed by atoms with E-state index in [2.05, 4.69) is 0 Å². The van der Waals surface area contributed by atoms with Crippen LogP contribution in [-0.2, 0) is 4.79 Å². The molecule has 0 aliphatic carbocycles. The Bertz CT molecular complexity index is 1320. The molecule has 0 unspecified atom stereocenters. The fourth-order valence-corrected chi connectivity index (χ4v) is 2.96. The van der Waals surface area contributed by atoms with Gasteiger partial charge < -0.3 is 24.5 Å². The molecule has 4 rings (SSSR count). The standard InChI is InChI=1S/C15H10O4.C10H10O3/c16-10-6-11(17)15-12(18)8-13(19-14(15)7-10)9-4-2-1-3-5-9;1-13-9-5-3-2-4-8(9)6-7-10(11)12/h1-8,16-17H;2-7H,1H3,(H,11,12). The predicted molar refractivity (Wildman–Crippen MR) is 121 cm³/mol. The molecule has 162 valence electrons. The normalized spacial score (nSPS) is 10.5. The van der Waals surface area contributed by atoms with E-state index in [0.29, 0.717) is 11.5 Å². The highest BCUT2D eigenvalue weighted by atomic mass is 16.5. The average molecular weight is 432 g/mol. The molecule has 0 spiro atoms. The maximum Gasteiger partial charge on any atom is 0.328 e. The molecule has 7 nitrogen and oxygen atoms in total. The van der Waals surface area contributed by atoms with Gasteiger partial charge in [0.2, 0.25) is 0 Å². The SMILES string of the molecule is COc1ccccc1C=CC(=O)O.O=c1cc(-c2ccccc2)oc2cc(O)cc(O)c12. The second-order valence-corrected chi connectivity index (χ2v) is 6.59. The van der Waals surface area contributed by atoms with Gasteiger partial charge in [0, 0.05) is 35.4 Å². The van der Waals surface area contributed by atoms with Gasteiger partial charge in [-0.15, -0.1) is 0 Å². The van der Waals surface area contributed by atoms with Crippen LogP contribution in [0.25, 0.3) is 28.4 Å². The van der Waals surface area contributed by atoms with Gasteiger partial charge in [0.15, 0.2) is 5.43 Å². The summed E-state index contributed by atoms with van der Waals surface area (Å²) in [7, 11) is 1.55. The summed E-state index contributed by atoms with van der Waals surface area (Å²) in [6.07, 6.45) is 2.58. The first-order valence-corrected chi connectivity index (χ1v) is 9.48. The van der Waals surface area contributed by atoms with Gasteiger partial charge >= 0.3 is 5.97 Å². The highest BCUT2D eigenvalue weighted by Gasteiger charge is 2.11. The lowest BCUT2D eigenvalue weighted by Gasteiger charge is -2.04. The quantitative estimate of drug-likeness (QED) is 0.401. The van der Waals surface area contributed by atoms with Gasteiger partial charge in [-0.3, -0.25) is 4.79 Å². The number of hydrogen-bond acceptors (Lipinski definition) is 6. The minimum absolute atomic E-state index is 0.0671. The lowest BCUT2D eigenvalue weighted by atomic mass is 10.1. The molecule has 0 aliphatic rings. The average Bonchev–Trinajstić information content (AvgIpc) is 2.78. The molecular weight excluding hydrogens is 412 g/mol. The molecular formula is C25H20O7. The summed E-state index contributed by atoms with van der Waals surface area (Å²) < 4.78 is 10.6. The smallest absolute Gasteiger partial charge is 0.328 e. The van der Waals surface area contributed by atoms with Crippen LogP contribution in [0.1, 0.15) is 5.56 Å². The minimum atomic E-state index is -0.967. The first kappa shape index (κ1) is 22.2. The number of phenols is 2. The number of para-hydroxylation sites is 1. The lowest BCUT2D eigenvalue weighted by molar-refractivity contribution is -0.131. The molecule has 0 fully saturated rings. The van der Waals surface area contributed by atoms with E-state index < -0.39 is 5.97 Å². The molecule has 32 heavy (non-hydrogen) atoms. The number of aliphatic carboxylic acids is 1. The fourth-order valence-electron chi connectivity index (χ4n) is 2.96. The van der Waals surface area contributed by atoms with Crippen molar-refractivity contribution in [2.45, 2.75) is 0 Å². The van der Waals surface area contributed by atoms with Crippen molar-refractivity contribution in [3.63, 3.8) is 0 Å². The van der Waals surface area contributed by atoms with Crippen molar-refractivity contribution in [1.82, 2.24) is 0 Å². The molecule has 1 heterocycles. The third-order valence-electron chi connectivity index (χ3n) is 4.40. The number of hydrogen-bond donors (Lipinski definition) is 3. The van der Waals surface area contributed by atoms with Crippen molar-refractivity contribution in [3.05, 3.63) is 94.7 Å². The molecule has 4 aromatic rings. The van der Waals surface area contributed by atoms with Crippen LogP contribution >= 0.6 is 0 Å².